The Hall–Kier alpha value is -2.31. The summed E-state index contributed by atoms with van der Waals surface area (Å²) in [6.07, 6.45) is 6.25. The van der Waals surface area contributed by atoms with E-state index in [1.165, 1.54) is 29.9 Å². The molecule has 0 saturated carbocycles. The van der Waals surface area contributed by atoms with E-state index < -0.39 is 5.91 Å². The molecule has 0 bridgehead atoms. The van der Waals surface area contributed by atoms with Gasteiger partial charge in [-0.15, -0.1) is 11.3 Å². The Bertz CT molecular complexity index is 857. The summed E-state index contributed by atoms with van der Waals surface area (Å²) in [4.78, 5) is 24.6. The van der Waals surface area contributed by atoms with E-state index in [9.17, 15) is 4.79 Å². The van der Waals surface area contributed by atoms with E-state index in [0.29, 0.717) is 16.4 Å². The number of benzene rings is 1. The third-order valence-electron chi connectivity index (χ3n) is 2.94. The first kappa shape index (κ1) is 14.6. The highest BCUT2D eigenvalue weighted by Gasteiger charge is 2.07. The topological polar surface area (TPSA) is 60.1 Å². The zero-order valence-electron chi connectivity index (χ0n) is 11.4. The third kappa shape index (κ3) is 3.29. The van der Waals surface area contributed by atoms with Crippen LogP contribution >= 0.6 is 22.9 Å². The molecular formula is C15H11ClN4OS. The summed E-state index contributed by atoms with van der Waals surface area (Å²) in [5.74, 6) is -0.413. The molecule has 1 aromatic carbocycles. The van der Waals surface area contributed by atoms with Crippen LogP contribution in [-0.4, -0.2) is 20.4 Å². The molecule has 0 aliphatic heterocycles. The molecule has 0 radical (unpaired) electrons. The summed E-state index contributed by atoms with van der Waals surface area (Å²) in [5.41, 5.74) is 1.19. The van der Waals surface area contributed by atoms with Gasteiger partial charge < -0.3 is 4.57 Å². The molecule has 0 aliphatic carbocycles. The number of aromatic nitrogens is 3. The van der Waals surface area contributed by atoms with Gasteiger partial charge in [-0.3, -0.25) is 9.78 Å². The van der Waals surface area contributed by atoms with E-state index >= 15 is 0 Å². The fourth-order valence-corrected chi connectivity index (χ4v) is 2.79. The normalized spacial score (nSPS) is 11.6. The molecule has 2 aromatic heterocycles. The molecule has 3 rings (SSSR count). The van der Waals surface area contributed by atoms with Crippen molar-refractivity contribution in [2.75, 3.05) is 0 Å². The van der Waals surface area contributed by atoms with E-state index in [2.05, 4.69) is 15.0 Å². The molecule has 5 nitrogen and oxygen atoms in total. The van der Waals surface area contributed by atoms with Crippen molar-refractivity contribution >= 4 is 28.8 Å². The zero-order valence-corrected chi connectivity index (χ0v) is 13.0. The van der Waals surface area contributed by atoms with Gasteiger partial charge in [0.15, 0.2) is 4.80 Å². The van der Waals surface area contributed by atoms with Crippen molar-refractivity contribution in [1.82, 2.24) is 14.5 Å². The van der Waals surface area contributed by atoms with Gasteiger partial charge in [0.05, 0.1) is 12.7 Å². The van der Waals surface area contributed by atoms with Gasteiger partial charge in [0, 0.05) is 29.0 Å². The summed E-state index contributed by atoms with van der Waals surface area (Å²) in [5, 5.41) is 2.56. The molecular weight excluding hydrogens is 320 g/mol. The molecule has 0 spiro atoms. The first-order valence-corrected chi connectivity index (χ1v) is 7.72. The van der Waals surface area contributed by atoms with Crippen molar-refractivity contribution in [3.63, 3.8) is 0 Å². The van der Waals surface area contributed by atoms with Crippen molar-refractivity contribution in [1.29, 1.82) is 0 Å². The number of carbonyl (C=O) groups excluding carboxylic acids is 1. The van der Waals surface area contributed by atoms with Crippen LogP contribution < -0.4 is 4.80 Å². The molecule has 0 fully saturated rings. The lowest BCUT2D eigenvalue weighted by atomic mass is 10.2. The van der Waals surface area contributed by atoms with Crippen LogP contribution in [0.15, 0.2) is 59.4 Å². The van der Waals surface area contributed by atoms with Gasteiger partial charge in [0.1, 0.15) is 5.69 Å². The summed E-state index contributed by atoms with van der Waals surface area (Å²) in [6, 6.07) is 7.59. The molecule has 2 heterocycles. The van der Waals surface area contributed by atoms with Gasteiger partial charge in [-0.25, -0.2) is 4.98 Å². The van der Waals surface area contributed by atoms with Crippen LogP contribution in [0.2, 0.25) is 5.02 Å². The van der Waals surface area contributed by atoms with Crippen LogP contribution in [0.4, 0.5) is 0 Å². The molecule has 3 aromatic rings. The van der Waals surface area contributed by atoms with Crippen LogP contribution in [0.25, 0.3) is 0 Å². The molecule has 1 amide bonds. The van der Waals surface area contributed by atoms with Crippen molar-refractivity contribution in [2.45, 2.75) is 6.54 Å². The second-order valence-electron chi connectivity index (χ2n) is 4.41. The number of amides is 1. The molecule has 22 heavy (non-hydrogen) atoms. The SMILES string of the molecule is O=C(N=c1sccn1Cc1ccccc1Cl)c1cnccn1. The van der Waals surface area contributed by atoms with Gasteiger partial charge >= 0.3 is 0 Å². The monoisotopic (exact) mass is 330 g/mol. The predicted octanol–water partition coefficient (Wildman–Crippen LogP) is 2.78. The number of hydrogen-bond acceptors (Lipinski definition) is 4. The molecule has 0 unspecified atom stereocenters. The maximum atomic E-state index is 12.1. The standard InChI is InChI=1S/C15H11ClN4OS/c16-12-4-2-1-3-11(12)10-20-7-8-22-15(20)19-14(21)13-9-17-5-6-18-13/h1-9H,10H2. The molecule has 0 saturated heterocycles. The Kier molecular flexibility index (Phi) is 4.41. The van der Waals surface area contributed by atoms with Crippen molar-refractivity contribution < 1.29 is 4.79 Å². The van der Waals surface area contributed by atoms with Crippen molar-refractivity contribution in [2.24, 2.45) is 4.99 Å². The van der Waals surface area contributed by atoms with E-state index in [-0.39, 0.29) is 5.69 Å². The van der Waals surface area contributed by atoms with E-state index in [1.54, 1.807) is 0 Å². The minimum absolute atomic E-state index is 0.222. The Balaban J connectivity index is 1.91. The second kappa shape index (κ2) is 6.64. The third-order valence-corrected chi connectivity index (χ3v) is 4.10. The van der Waals surface area contributed by atoms with Gasteiger partial charge in [0.25, 0.3) is 5.91 Å². The van der Waals surface area contributed by atoms with E-state index in [0.717, 1.165) is 5.56 Å². The number of halogens is 1. The lowest BCUT2D eigenvalue weighted by Crippen LogP contribution is -2.17. The Morgan fingerprint density at radius 2 is 2.18 bits per heavy atom. The largest absolute Gasteiger partial charge is 0.319 e. The summed E-state index contributed by atoms with van der Waals surface area (Å²) in [6.45, 7) is 0.551. The van der Waals surface area contributed by atoms with Crippen LogP contribution in [0, 0.1) is 0 Å². The minimum atomic E-state index is -0.413. The van der Waals surface area contributed by atoms with Crippen molar-refractivity contribution in [3.8, 4) is 0 Å². The fraction of sp³-hybridized carbons (Fsp3) is 0.0667. The minimum Gasteiger partial charge on any atom is -0.319 e. The Morgan fingerprint density at radius 1 is 1.32 bits per heavy atom. The first-order valence-electron chi connectivity index (χ1n) is 6.46. The average molecular weight is 331 g/mol. The lowest BCUT2D eigenvalue weighted by molar-refractivity contribution is 0.0992. The van der Waals surface area contributed by atoms with Crippen LogP contribution in [0.5, 0.6) is 0 Å². The number of thiazole rings is 1. The summed E-state index contributed by atoms with van der Waals surface area (Å²) >= 11 is 7.55. The Morgan fingerprint density at radius 3 is 2.95 bits per heavy atom. The first-order chi connectivity index (χ1) is 10.7. The van der Waals surface area contributed by atoms with E-state index in [4.69, 9.17) is 11.6 Å². The van der Waals surface area contributed by atoms with Gasteiger partial charge in [-0.2, -0.15) is 4.99 Å². The maximum absolute atomic E-state index is 12.1. The number of hydrogen-bond donors (Lipinski definition) is 0. The maximum Gasteiger partial charge on any atom is 0.299 e. The lowest BCUT2D eigenvalue weighted by Gasteiger charge is -2.05. The highest BCUT2D eigenvalue weighted by molar-refractivity contribution is 7.07. The average Bonchev–Trinajstić information content (AvgIpc) is 2.97. The van der Waals surface area contributed by atoms with Gasteiger partial charge in [-0.05, 0) is 11.6 Å². The molecule has 110 valence electrons. The fourth-order valence-electron chi connectivity index (χ4n) is 1.87. The van der Waals surface area contributed by atoms with Crippen LogP contribution in [0.3, 0.4) is 0 Å². The van der Waals surface area contributed by atoms with Crippen LogP contribution in [-0.2, 0) is 6.54 Å². The quantitative estimate of drug-likeness (QED) is 0.742. The smallest absolute Gasteiger partial charge is 0.299 e. The van der Waals surface area contributed by atoms with Gasteiger partial charge in [0.2, 0.25) is 0 Å². The number of rotatable bonds is 3. The molecule has 7 heteroatoms. The molecule has 0 aliphatic rings. The number of nitrogens with zero attached hydrogens (tertiary/aromatic N) is 4. The summed E-state index contributed by atoms with van der Waals surface area (Å²) in [7, 11) is 0. The van der Waals surface area contributed by atoms with Crippen LogP contribution in [0.1, 0.15) is 16.1 Å². The van der Waals surface area contributed by atoms with Gasteiger partial charge in [-0.1, -0.05) is 29.8 Å². The molecule has 0 N–H and O–H groups in total. The number of carbonyl (C=O) groups is 1. The van der Waals surface area contributed by atoms with Crippen molar-refractivity contribution in [3.05, 3.63) is 75.5 Å². The second-order valence-corrected chi connectivity index (χ2v) is 5.69. The Labute approximate surface area is 135 Å². The molecule has 0 atom stereocenters. The highest BCUT2D eigenvalue weighted by Crippen LogP contribution is 2.15. The van der Waals surface area contributed by atoms with E-state index in [1.807, 2.05) is 40.4 Å². The zero-order chi connectivity index (χ0) is 15.4. The highest BCUT2D eigenvalue weighted by atomic mass is 35.5. The summed E-state index contributed by atoms with van der Waals surface area (Å²) < 4.78 is 1.88. The predicted molar refractivity (Wildman–Crippen MR) is 84.8 cm³/mol.